The number of ether oxygens (including phenoxy) is 2. The summed E-state index contributed by atoms with van der Waals surface area (Å²) in [6, 6.07) is 0. The molecule has 4 rings (SSSR count). The third-order valence-electron chi connectivity index (χ3n) is 9.05. The van der Waals surface area contributed by atoms with E-state index in [4.69, 9.17) is 39.0 Å². The van der Waals surface area contributed by atoms with E-state index >= 15 is 0 Å². The van der Waals surface area contributed by atoms with Gasteiger partial charge < -0.3 is 70.7 Å². The molecule has 34 nitrogen and oxygen atoms in total. The van der Waals surface area contributed by atoms with E-state index in [2.05, 4.69) is 39.0 Å². The number of aromatic nitrogens is 4. The van der Waals surface area contributed by atoms with Crippen molar-refractivity contribution in [2.24, 2.45) is 9.98 Å². The van der Waals surface area contributed by atoms with Gasteiger partial charge in [-0.25, -0.2) is 18.3 Å². The van der Waals surface area contributed by atoms with Gasteiger partial charge in [-0.15, -0.1) is 0 Å². The first-order valence-electron chi connectivity index (χ1n) is 18.4. The number of nitrogen functional groups attached to an aromatic ring is 2. The van der Waals surface area contributed by atoms with Crippen molar-refractivity contribution < 1.29 is 105 Å². The van der Waals surface area contributed by atoms with Gasteiger partial charge in [-0.1, -0.05) is 0 Å². The minimum atomic E-state index is -5.77. The van der Waals surface area contributed by atoms with Gasteiger partial charge in [0.1, 0.15) is 60.5 Å². The first kappa shape index (κ1) is 55.1. The van der Waals surface area contributed by atoms with Crippen LogP contribution in [0.25, 0.3) is 0 Å². The third kappa shape index (κ3) is 14.8. The van der Waals surface area contributed by atoms with Gasteiger partial charge in [-0.05, 0) is 13.8 Å². The average molecular weight is 1030 g/mol. The van der Waals surface area contributed by atoms with Gasteiger partial charge in [0.15, 0.2) is 12.5 Å². The van der Waals surface area contributed by atoms with Crippen LogP contribution in [0.4, 0.5) is 23.5 Å². The number of aliphatic hydroxyl groups excluding tert-OH is 4. The Labute approximate surface area is 370 Å². The van der Waals surface area contributed by atoms with E-state index in [0.717, 1.165) is 22.5 Å². The topological polar surface area (TPSA) is 519 Å². The van der Waals surface area contributed by atoms with Crippen LogP contribution in [-0.2, 0) is 54.9 Å². The fourth-order valence-corrected chi connectivity index (χ4v) is 8.60. The van der Waals surface area contributed by atoms with Crippen molar-refractivity contribution in [2.75, 3.05) is 61.8 Å². The number of hydrogen-bond donors (Lipinski definition) is 14. The van der Waals surface area contributed by atoms with E-state index in [-0.39, 0.29) is 34.7 Å². The van der Waals surface area contributed by atoms with E-state index in [1.165, 1.54) is 27.9 Å². The number of nitrogens with two attached hydrogens (primary N) is 2. The Balaban J connectivity index is 1.44. The lowest BCUT2D eigenvalue weighted by Crippen LogP contribution is -2.45. The second-order valence-corrected chi connectivity index (χ2v) is 19.1. The zero-order chi connectivity index (χ0) is 49.7. The lowest BCUT2D eigenvalue weighted by molar-refractivity contribution is -0.0476. The monoisotopic (exact) mass is 1030 g/mol. The van der Waals surface area contributed by atoms with Gasteiger partial charge in [0.25, 0.3) is 11.1 Å². The number of rotatable bonds is 23. The molecule has 0 bridgehead atoms. The fraction of sp³-hybridized carbons (Fsp3) is 0.643. The van der Waals surface area contributed by atoms with Crippen LogP contribution >= 0.6 is 31.3 Å². The summed E-state index contributed by atoms with van der Waals surface area (Å²) in [6.45, 7) is -2.64. The van der Waals surface area contributed by atoms with Gasteiger partial charge >= 0.3 is 31.3 Å². The summed E-state index contributed by atoms with van der Waals surface area (Å²) in [5, 5.41) is 43.0. The number of aliphatic imine (C=N–C) groups is 2. The number of hydrogen-bond acceptors (Lipinski definition) is 24. The molecule has 0 aromatic carbocycles. The predicted octanol–water partition coefficient (Wildman–Crippen LogP) is -4.62. The summed E-state index contributed by atoms with van der Waals surface area (Å²) in [4.78, 5) is 106. The Morgan fingerprint density at radius 1 is 0.652 bits per heavy atom. The first-order chi connectivity index (χ1) is 30.5. The molecule has 2 aromatic rings. The molecule has 2 saturated heterocycles. The SMILES string of the molecule is CN=CN(c1nc(N)[nH]c(=O)c1C)[C@@H]1O[C@H](COP(=O)(O)OC[C@H](OP(=O)(O)O)[C@H](COP(=O)(O)OC[C@H]2O[C@@H](N(C=NC)c3nc(N)[nH]c(=O)c3C)[C@H](O)[C@@H]2O)OP(=O)(O)O)[C@@H](O)[C@H]1O. The molecule has 16 N–H and O–H groups in total. The van der Waals surface area contributed by atoms with Crippen LogP contribution in [0.2, 0.25) is 0 Å². The number of nitrogens with zero attached hydrogens (tertiary/aromatic N) is 6. The lowest BCUT2D eigenvalue weighted by Gasteiger charge is -2.29. The molecule has 374 valence electrons. The summed E-state index contributed by atoms with van der Waals surface area (Å²) < 4.78 is 88.8. The highest BCUT2D eigenvalue weighted by molar-refractivity contribution is 7.48. The zero-order valence-electron chi connectivity index (χ0n) is 34.6. The summed E-state index contributed by atoms with van der Waals surface area (Å²) >= 11 is 0. The second kappa shape index (κ2) is 22.3. The average Bonchev–Trinajstić information content (AvgIpc) is 3.65. The molecule has 0 radical (unpaired) electrons. The maximum Gasteiger partial charge on any atom is 0.472 e. The molecule has 4 heterocycles. The Kier molecular flexibility index (Phi) is 18.6. The van der Waals surface area contributed by atoms with Gasteiger partial charge in [-0.3, -0.25) is 66.5 Å². The number of aliphatic hydroxyl groups is 4. The van der Waals surface area contributed by atoms with Crippen molar-refractivity contribution in [2.45, 2.75) is 75.1 Å². The molecule has 2 unspecified atom stereocenters. The van der Waals surface area contributed by atoms with Crippen molar-refractivity contribution in [1.29, 1.82) is 0 Å². The minimum absolute atomic E-state index is 0.0290. The molecule has 0 spiro atoms. The largest absolute Gasteiger partial charge is 0.472 e. The van der Waals surface area contributed by atoms with Crippen molar-refractivity contribution in [3.63, 3.8) is 0 Å². The standard InChI is InChI=1S/C28H48N10O24P4/c1-11-21(33-27(29)35-23(11)43)37(9-31-3)25-19(41)17(39)15(59-25)7-57-65(51,52)55-5-13(61-63(45,46)47)14(62-64(48,49)50)6-56-66(53,54)58-8-16-18(40)20(42)26(60-16)38(10-32-4)22-12(2)24(44)36-28(30)34-22/h9-10,13-20,25-26,39-42H,5-8H2,1-4H3,(H,51,52)(H,53,54)(H2,45,46,47)(H2,48,49,50)(H3,29,33,35,43)(H3,30,34,36,44)/t13-,14-,15+,16+,17+,18+,19+,20+,25+,26+/m0/s1. The highest BCUT2D eigenvalue weighted by Crippen LogP contribution is 2.50. The molecular weight excluding hydrogens is 984 g/mol. The maximum atomic E-state index is 13.0. The number of anilines is 4. The molecule has 0 saturated carbocycles. The van der Waals surface area contributed by atoms with Crippen molar-refractivity contribution in [3.05, 3.63) is 31.8 Å². The lowest BCUT2D eigenvalue weighted by atomic mass is 10.1. The van der Waals surface area contributed by atoms with E-state index < -0.39 is 130 Å². The van der Waals surface area contributed by atoms with Gasteiger partial charge in [0, 0.05) is 14.1 Å². The van der Waals surface area contributed by atoms with Crippen LogP contribution in [0.1, 0.15) is 11.1 Å². The Morgan fingerprint density at radius 3 is 1.29 bits per heavy atom. The second-order valence-electron chi connectivity index (χ2n) is 13.8. The highest BCUT2D eigenvalue weighted by atomic mass is 31.2. The summed E-state index contributed by atoms with van der Waals surface area (Å²) in [5.74, 6) is -1.03. The van der Waals surface area contributed by atoms with Crippen LogP contribution in [0.3, 0.4) is 0 Å². The molecule has 0 aliphatic carbocycles. The Morgan fingerprint density at radius 2 is 0.985 bits per heavy atom. The molecule has 12 atom stereocenters. The number of H-pyrrole nitrogens is 2. The fourth-order valence-electron chi connectivity index (χ4n) is 6.01. The zero-order valence-corrected chi connectivity index (χ0v) is 38.1. The number of nitrogens with one attached hydrogen (secondary N) is 2. The van der Waals surface area contributed by atoms with E-state index in [0.29, 0.717) is 0 Å². The number of aromatic amines is 2. The number of phosphoric acid groups is 4. The Bertz CT molecular complexity index is 2220. The van der Waals surface area contributed by atoms with Crippen molar-refractivity contribution >= 4 is 67.5 Å². The van der Waals surface area contributed by atoms with Crippen LogP contribution in [-0.4, -0.2) is 184 Å². The van der Waals surface area contributed by atoms with Gasteiger partial charge in [0.2, 0.25) is 11.9 Å². The maximum absolute atomic E-state index is 13.0. The van der Waals surface area contributed by atoms with Crippen LogP contribution in [0.15, 0.2) is 19.6 Å². The van der Waals surface area contributed by atoms with Crippen LogP contribution < -0.4 is 32.4 Å². The van der Waals surface area contributed by atoms with Crippen LogP contribution in [0, 0.1) is 13.8 Å². The first-order valence-corrected chi connectivity index (χ1v) is 24.4. The molecule has 66 heavy (non-hydrogen) atoms. The molecule has 2 aliphatic rings. The molecule has 0 amide bonds. The van der Waals surface area contributed by atoms with Gasteiger partial charge in [0.05, 0.1) is 50.2 Å². The highest BCUT2D eigenvalue weighted by Gasteiger charge is 2.49. The van der Waals surface area contributed by atoms with Gasteiger partial charge in [-0.2, -0.15) is 9.97 Å². The molecule has 38 heteroatoms. The smallest absolute Gasteiger partial charge is 0.387 e. The molecule has 2 aromatic heterocycles. The quantitative estimate of drug-likeness (QED) is 0.0283. The van der Waals surface area contributed by atoms with E-state index in [1.807, 2.05) is 0 Å². The predicted molar refractivity (Wildman–Crippen MR) is 220 cm³/mol. The van der Waals surface area contributed by atoms with Crippen molar-refractivity contribution in [3.8, 4) is 0 Å². The number of phosphoric ester groups is 4. The van der Waals surface area contributed by atoms with Crippen molar-refractivity contribution in [1.82, 2.24) is 19.9 Å². The summed E-state index contributed by atoms with van der Waals surface area (Å²) in [5.41, 5.74) is 9.87. The molecule has 2 aliphatic heterocycles. The summed E-state index contributed by atoms with van der Waals surface area (Å²) in [7, 11) is -19.9. The molecule has 2 fully saturated rings. The molecular formula is C28H48N10O24P4. The normalized spacial score (nSPS) is 26.7. The van der Waals surface area contributed by atoms with E-state index in [1.54, 1.807) is 0 Å². The van der Waals surface area contributed by atoms with Crippen LogP contribution in [0.5, 0.6) is 0 Å². The van der Waals surface area contributed by atoms with E-state index in [9.17, 15) is 77.6 Å². The summed E-state index contributed by atoms with van der Waals surface area (Å²) in [6.07, 6.45) is -17.0. The minimum Gasteiger partial charge on any atom is -0.387 e. The third-order valence-corrected chi connectivity index (χ3v) is 12.0. The Hall–Kier alpha value is -3.50.